The van der Waals surface area contributed by atoms with Gasteiger partial charge in [-0.25, -0.2) is 9.67 Å². The summed E-state index contributed by atoms with van der Waals surface area (Å²) in [4.78, 5) is 3.97. The lowest BCUT2D eigenvalue weighted by Crippen LogP contribution is -2.02. The van der Waals surface area contributed by atoms with Crippen molar-refractivity contribution < 1.29 is 0 Å². The zero-order valence-corrected chi connectivity index (χ0v) is 9.52. The second-order valence-corrected chi connectivity index (χ2v) is 3.72. The molecule has 0 aromatic carbocycles. The van der Waals surface area contributed by atoms with Crippen LogP contribution in [-0.2, 0) is 6.54 Å². The number of nitrogens with two attached hydrogens (primary N) is 1. The molecule has 2 rings (SSSR count). The van der Waals surface area contributed by atoms with E-state index in [1.165, 1.54) is 0 Å². The Morgan fingerprint density at radius 1 is 1.50 bits per heavy atom. The number of tetrazole rings is 1. The third-order valence-corrected chi connectivity index (χ3v) is 2.40. The monoisotopic (exact) mass is 238 g/mol. The van der Waals surface area contributed by atoms with Gasteiger partial charge in [-0.2, -0.15) is 0 Å². The van der Waals surface area contributed by atoms with E-state index in [-0.39, 0.29) is 0 Å². The Hall–Kier alpha value is -1.69. The molecule has 2 heterocycles. The molecular weight excluding hydrogens is 228 g/mol. The molecule has 0 radical (unpaired) electrons. The fourth-order valence-corrected chi connectivity index (χ4v) is 1.51. The van der Waals surface area contributed by atoms with Gasteiger partial charge in [0.2, 0.25) is 0 Å². The average molecular weight is 239 g/mol. The molecule has 0 spiro atoms. The lowest BCUT2D eigenvalue weighted by molar-refractivity contribution is 0.583. The molecule has 0 aliphatic carbocycles. The number of hydrogen-bond acceptors (Lipinski definition) is 5. The first-order valence-electron chi connectivity index (χ1n) is 4.90. The summed E-state index contributed by atoms with van der Waals surface area (Å²) in [7, 11) is 0. The van der Waals surface area contributed by atoms with Crippen molar-refractivity contribution in [1.29, 1.82) is 0 Å². The van der Waals surface area contributed by atoms with Crippen LogP contribution < -0.4 is 5.73 Å². The Morgan fingerprint density at radius 3 is 3.00 bits per heavy atom. The average Bonchev–Trinajstić information content (AvgIpc) is 2.71. The smallest absolute Gasteiger partial charge is 0.183 e. The van der Waals surface area contributed by atoms with Crippen molar-refractivity contribution in [2.24, 2.45) is 0 Å². The molecule has 2 aromatic rings. The van der Waals surface area contributed by atoms with Crippen molar-refractivity contribution >= 4 is 17.4 Å². The number of rotatable bonds is 3. The highest BCUT2D eigenvalue weighted by atomic mass is 35.5. The van der Waals surface area contributed by atoms with Crippen molar-refractivity contribution in [3.63, 3.8) is 0 Å². The first-order chi connectivity index (χ1) is 7.72. The third-order valence-electron chi connectivity index (χ3n) is 2.10. The standard InChI is InChI=1S/C9H11ClN6/c1-2-3-16-9(13-14-15-16)6-4-7(10)8(11)12-5-6/h4-5H,2-3H2,1H3,(H2,11,12). The van der Waals surface area contributed by atoms with E-state index in [0.717, 1.165) is 18.5 Å². The van der Waals surface area contributed by atoms with E-state index < -0.39 is 0 Å². The minimum Gasteiger partial charge on any atom is -0.382 e. The molecule has 84 valence electrons. The van der Waals surface area contributed by atoms with E-state index >= 15 is 0 Å². The highest BCUT2D eigenvalue weighted by Gasteiger charge is 2.10. The number of pyridine rings is 1. The molecule has 0 amide bonds. The van der Waals surface area contributed by atoms with Crippen molar-refractivity contribution in [2.75, 3.05) is 5.73 Å². The summed E-state index contributed by atoms with van der Waals surface area (Å²) in [5, 5.41) is 11.9. The van der Waals surface area contributed by atoms with Crippen LogP contribution in [0, 0.1) is 0 Å². The van der Waals surface area contributed by atoms with Gasteiger partial charge in [-0.1, -0.05) is 18.5 Å². The van der Waals surface area contributed by atoms with E-state index in [9.17, 15) is 0 Å². The topological polar surface area (TPSA) is 82.5 Å². The van der Waals surface area contributed by atoms with Crippen molar-refractivity contribution in [1.82, 2.24) is 25.2 Å². The predicted octanol–water partition coefficient (Wildman–Crippen LogP) is 1.38. The molecule has 0 fully saturated rings. The number of aromatic nitrogens is 5. The maximum atomic E-state index is 5.89. The van der Waals surface area contributed by atoms with Gasteiger partial charge in [-0.3, -0.25) is 0 Å². The molecule has 0 saturated carbocycles. The Labute approximate surface area is 97.4 Å². The van der Waals surface area contributed by atoms with Crippen molar-refractivity contribution in [3.05, 3.63) is 17.3 Å². The number of nitrogens with zero attached hydrogens (tertiary/aromatic N) is 5. The number of aryl methyl sites for hydroxylation is 1. The summed E-state index contributed by atoms with van der Waals surface area (Å²) in [5.41, 5.74) is 6.30. The fourth-order valence-electron chi connectivity index (χ4n) is 1.34. The second-order valence-electron chi connectivity index (χ2n) is 3.32. The first kappa shape index (κ1) is 10.8. The van der Waals surface area contributed by atoms with Gasteiger partial charge in [0.1, 0.15) is 5.82 Å². The largest absolute Gasteiger partial charge is 0.382 e. The van der Waals surface area contributed by atoms with Crippen LogP contribution in [0.2, 0.25) is 5.02 Å². The molecular formula is C9H11ClN6. The minimum atomic E-state index is 0.305. The molecule has 0 aliphatic heterocycles. The number of nitrogen functional groups attached to an aromatic ring is 1. The summed E-state index contributed by atoms with van der Waals surface area (Å²) in [6, 6.07) is 1.71. The zero-order chi connectivity index (χ0) is 11.5. The molecule has 0 unspecified atom stereocenters. The summed E-state index contributed by atoms with van der Waals surface area (Å²) in [5.74, 6) is 0.955. The highest BCUT2D eigenvalue weighted by Crippen LogP contribution is 2.22. The maximum absolute atomic E-state index is 5.89. The maximum Gasteiger partial charge on any atom is 0.183 e. The predicted molar refractivity (Wildman–Crippen MR) is 60.8 cm³/mol. The first-order valence-corrected chi connectivity index (χ1v) is 5.27. The van der Waals surface area contributed by atoms with E-state index in [0.29, 0.717) is 16.7 Å². The molecule has 2 aromatic heterocycles. The third kappa shape index (κ3) is 1.96. The Kier molecular flexibility index (Phi) is 3.00. The van der Waals surface area contributed by atoms with Crippen LogP contribution >= 0.6 is 11.6 Å². The van der Waals surface area contributed by atoms with Gasteiger partial charge in [0.25, 0.3) is 0 Å². The SMILES string of the molecule is CCCn1nnnc1-c1cnc(N)c(Cl)c1. The van der Waals surface area contributed by atoms with Crippen LogP contribution in [0.5, 0.6) is 0 Å². The summed E-state index contributed by atoms with van der Waals surface area (Å²) >= 11 is 5.89. The van der Waals surface area contributed by atoms with Crippen molar-refractivity contribution in [3.8, 4) is 11.4 Å². The number of anilines is 1. The summed E-state index contributed by atoms with van der Waals surface area (Å²) in [6.07, 6.45) is 2.56. The number of halogens is 1. The van der Waals surface area contributed by atoms with Crippen LogP contribution in [0.4, 0.5) is 5.82 Å². The van der Waals surface area contributed by atoms with Crippen LogP contribution in [0.1, 0.15) is 13.3 Å². The molecule has 6 nitrogen and oxygen atoms in total. The van der Waals surface area contributed by atoms with Gasteiger partial charge in [0.15, 0.2) is 5.82 Å². The fraction of sp³-hybridized carbons (Fsp3) is 0.333. The Morgan fingerprint density at radius 2 is 2.31 bits per heavy atom. The Balaban J connectivity index is 2.42. The highest BCUT2D eigenvalue weighted by molar-refractivity contribution is 6.33. The summed E-state index contributed by atoms with van der Waals surface area (Å²) < 4.78 is 1.71. The molecule has 0 atom stereocenters. The van der Waals surface area contributed by atoms with Crippen LogP contribution in [0.25, 0.3) is 11.4 Å². The molecule has 7 heteroatoms. The van der Waals surface area contributed by atoms with Gasteiger partial charge in [-0.05, 0) is 22.9 Å². The molecule has 0 saturated heterocycles. The lowest BCUT2D eigenvalue weighted by Gasteiger charge is -2.03. The van der Waals surface area contributed by atoms with Crippen molar-refractivity contribution in [2.45, 2.75) is 19.9 Å². The zero-order valence-electron chi connectivity index (χ0n) is 8.76. The van der Waals surface area contributed by atoms with E-state index in [1.54, 1.807) is 16.9 Å². The lowest BCUT2D eigenvalue weighted by atomic mass is 10.2. The van der Waals surface area contributed by atoms with Crippen LogP contribution in [0.15, 0.2) is 12.3 Å². The van der Waals surface area contributed by atoms with Gasteiger partial charge >= 0.3 is 0 Å². The van der Waals surface area contributed by atoms with E-state index in [2.05, 4.69) is 27.4 Å². The van der Waals surface area contributed by atoms with Crippen LogP contribution in [-0.4, -0.2) is 25.2 Å². The quantitative estimate of drug-likeness (QED) is 0.874. The van der Waals surface area contributed by atoms with Gasteiger partial charge in [0, 0.05) is 18.3 Å². The summed E-state index contributed by atoms with van der Waals surface area (Å²) in [6.45, 7) is 2.81. The molecule has 0 aliphatic rings. The normalized spacial score (nSPS) is 10.6. The molecule has 0 bridgehead atoms. The number of hydrogen-bond donors (Lipinski definition) is 1. The van der Waals surface area contributed by atoms with E-state index in [4.69, 9.17) is 17.3 Å². The van der Waals surface area contributed by atoms with Gasteiger partial charge in [-0.15, -0.1) is 5.10 Å². The van der Waals surface area contributed by atoms with Gasteiger partial charge < -0.3 is 5.73 Å². The molecule has 16 heavy (non-hydrogen) atoms. The van der Waals surface area contributed by atoms with E-state index in [1.807, 2.05) is 0 Å². The minimum absolute atomic E-state index is 0.305. The van der Waals surface area contributed by atoms with Gasteiger partial charge in [0.05, 0.1) is 5.02 Å². The molecule has 2 N–H and O–H groups in total. The van der Waals surface area contributed by atoms with Crippen LogP contribution in [0.3, 0.4) is 0 Å². The Bertz CT molecular complexity index is 494. The second kappa shape index (κ2) is 4.44.